The molecule has 1 aromatic carbocycles. The molecule has 0 unspecified atom stereocenters. The van der Waals surface area contributed by atoms with E-state index in [4.69, 9.17) is 5.73 Å². The van der Waals surface area contributed by atoms with Gasteiger partial charge in [-0.3, -0.25) is 4.72 Å². The molecule has 0 aromatic heterocycles. The topological polar surface area (TPSA) is 72.2 Å². The first-order valence-corrected chi connectivity index (χ1v) is 8.38. The molecule has 1 aromatic rings. The van der Waals surface area contributed by atoms with E-state index in [2.05, 4.69) is 16.6 Å². The highest BCUT2D eigenvalue weighted by atomic mass is 32.2. The number of hydrogen-bond donors (Lipinski definition) is 2. The third kappa shape index (κ3) is 3.75. The molecular weight excluding hydrogens is 272 g/mol. The third-order valence-electron chi connectivity index (χ3n) is 3.41. The van der Waals surface area contributed by atoms with Gasteiger partial charge in [0, 0.05) is 11.3 Å². The zero-order chi connectivity index (χ0) is 14.6. The van der Waals surface area contributed by atoms with Gasteiger partial charge in [-0.15, -0.1) is 0 Å². The summed E-state index contributed by atoms with van der Waals surface area (Å²) in [6.45, 7) is 2.21. The molecule has 0 bridgehead atoms. The van der Waals surface area contributed by atoms with Crippen LogP contribution in [0, 0.1) is 18.8 Å². The molecule has 3 N–H and O–H groups in total. The summed E-state index contributed by atoms with van der Waals surface area (Å²) < 4.78 is 27.2. The van der Waals surface area contributed by atoms with Crippen LogP contribution >= 0.6 is 0 Å². The number of nitrogens with two attached hydrogens (primary N) is 1. The van der Waals surface area contributed by atoms with E-state index in [0.29, 0.717) is 5.69 Å². The fourth-order valence-electron chi connectivity index (χ4n) is 2.51. The maximum Gasteiger partial charge on any atom is 0.235 e. The molecule has 0 atom stereocenters. The minimum Gasteiger partial charge on any atom is -0.320 e. The molecule has 0 spiro atoms. The van der Waals surface area contributed by atoms with Gasteiger partial charge < -0.3 is 5.73 Å². The van der Waals surface area contributed by atoms with Crippen molar-refractivity contribution in [1.82, 2.24) is 0 Å². The fraction of sp³-hybridized carbons (Fsp3) is 0.467. The molecule has 1 fully saturated rings. The van der Waals surface area contributed by atoms with Gasteiger partial charge in [-0.05, 0) is 43.5 Å². The number of sulfonamides is 1. The van der Waals surface area contributed by atoms with Gasteiger partial charge in [0.2, 0.25) is 10.0 Å². The van der Waals surface area contributed by atoms with Gasteiger partial charge in [0.1, 0.15) is 0 Å². The third-order valence-corrected chi connectivity index (χ3v) is 5.28. The molecule has 108 valence electrons. The molecular formula is C15H20N2O2S. The SMILES string of the molecule is Cc1cc(C#CCN)cc(NS(=O)(=O)C2CCCC2)c1. The van der Waals surface area contributed by atoms with Crippen LogP contribution in [0.2, 0.25) is 0 Å². The zero-order valence-electron chi connectivity index (χ0n) is 11.6. The number of rotatable bonds is 3. The van der Waals surface area contributed by atoms with Crippen molar-refractivity contribution >= 4 is 15.7 Å². The second-order valence-corrected chi connectivity index (χ2v) is 7.11. The van der Waals surface area contributed by atoms with Crippen molar-refractivity contribution in [3.63, 3.8) is 0 Å². The number of benzene rings is 1. The van der Waals surface area contributed by atoms with Crippen LogP contribution < -0.4 is 10.5 Å². The van der Waals surface area contributed by atoms with Crippen molar-refractivity contribution in [3.8, 4) is 11.8 Å². The van der Waals surface area contributed by atoms with Crippen LogP contribution in [0.4, 0.5) is 5.69 Å². The molecule has 0 heterocycles. The summed E-state index contributed by atoms with van der Waals surface area (Å²) in [5.41, 5.74) is 7.68. The lowest BCUT2D eigenvalue weighted by atomic mass is 10.1. The molecule has 5 heteroatoms. The summed E-state index contributed by atoms with van der Waals surface area (Å²) in [4.78, 5) is 0. The van der Waals surface area contributed by atoms with Crippen LogP contribution in [0.25, 0.3) is 0 Å². The van der Waals surface area contributed by atoms with Crippen LogP contribution in [0.3, 0.4) is 0 Å². The lowest BCUT2D eigenvalue weighted by molar-refractivity contribution is 0.585. The summed E-state index contributed by atoms with van der Waals surface area (Å²) in [6.07, 6.45) is 3.49. The quantitative estimate of drug-likeness (QED) is 0.837. The smallest absolute Gasteiger partial charge is 0.235 e. The Morgan fingerprint density at radius 1 is 1.30 bits per heavy atom. The number of nitrogens with one attached hydrogen (secondary N) is 1. The zero-order valence-corrected chi connectivity index (χ0v) is 12.5. The van der Waals surface area contributed by atoms with Crippen molar-refractivity contribution in [3.05, 3.63) is 29.3 Å². The Kier molecular flexibility index (Phi) is 4.69. The monoisotopic (exact) mass is 292 g/mol. The van der Waals surface area contributed by atoms with E-state index >= 15 is 0 Å². The predicted octanol–water partition coefficient (Wildman–Crippen LogP) is 1.99. The normalized spacial score (nSPS) is 15.7. The molecule has 2 rings (SSSR count). The van der Waals surface area contributed by atoms with Crippen LogP contribution in [0.5, 0.6) is 0 Å². The average Bonchev–Trinajstić information content (AvgIpc) is 2.89. The van der Waals surface area contributed by atoms with Crippen molar-refractivity contribution < 1.29 is 8.42 Å². The molecule has 1 aliphatic carbocycles. The van der Waals surface area contributed by atoms with Gasteiger partial charge in [0.05, 0.1) is 11.8 Å². The second-order valence-electron chi connectivity index (χ2n) is 5.15. The summed E-state index contributed by atoms with van der Waals surface area (Å²) in [5.74, 6) is 5.71. The highest BCUT2D eigenvalue weighted by molar-refractivity contribution is 7.93. The van der Waals surface area contributed by atoms with Crippen LogP contribution in [0.1, 0.15) is 36.8 Å². The van der Waals surface area contributed by atoms with Gasteiger partial charge in [-0.25, -0.2) is 8.42 Å². The summed E-state index contributed by atoms with van der Waals surface area (Å²) in [6, 6.07) is 5.48. The molecule has 0 radical (unpaired) electrons. The van der Waals surface area contributed by atoms with E-state index in [0.717, 1.165) is 36.8 Å². The van der Waals surface area contributed by atoms with Crippen molar-refractivity contribution in [2.45, 2.75) is 37.9 Å². The Labute approximate surface area is 120 Å². The lowest BCUT2D eigenvalue weighted by Gasteiger charge is -2.14. The molecule has 1 saturated carbocycles. The van der Waals surface area contributed by atoms with Gasteiger partial charge >= 0.3 is 0 Å². The Morgan fingerprint density at radius 2 is 2.00 bits per heavy atom. The van der Waals surface area contributed by atoms with Gasteiger partial charge in [-0.1, -0.05) is 24.7 Å². The fourth-order valence-corrected chi connectivity index (χ4v) is 4.08. The van der Waals surface area contributed by atoms with E-state index < -0.39 is 10.0 Å². The van der Waals surface area contributed by atoms with E-state index in [1.54, 1.807) is 6.07 Å². The minimum absolute atomic E-state index is 0.262. The highest BCUT2D eigenvalue weighted by Gasteiger charge is 2.28. The van der Waals surface area contributed by atoms with E-state index in [-0.39, 0.29) is 11.8 Å². The number of anilines is 1. The first-order valence-electron chi connectivity index (χ1n) is 6.83. The average molecular weight is 292 g/mol. The van der Waals surface area contributed by atoms with Gasteiger partial charge in [0.25, 0.3) is 0 Å². The summed E-state index contributed by atoms with van der Waals surface area (Å²) >= 11 is 0. The molecule has 20 heavy (non-hydrogen) atoms. The Bertz CT molecular complexity index is 636. The molecule has 0 saturated heterocycles. The molecule has 0 aliphatic heterocycles. The van der Waals surface area contributed by atoms with Crippen molar-refractivity contribution in [1.29, 1.82) is 0 Å². The lowest BCUT2D eigenvalue weighted by Crippen LogP contribution is -2.25. The molecule has 0 amide bonds. The number of aryl methyl sites for hydroxylation is 1. The van der Waals surface area contributed by atoms with Crippen molar-refractivity contribution in [2.75, 3.05) is 11.3 Å². The standard InChI is InChI=1S/C15H20N2O2S/c1-12-9-13(5-4-8-16)11-14(10-12)17-20(18,19)15-6-2-3-7-15/h9-11,15,17H,2-3,6-8,16H2,1H3. The Morgan fingerprint density at radius 3 is 2.65 bits per heavy atom. The maximum absolute atomic E-state index is 12.3. The predicted molar refractivity (Wildman–Crippen MR) is 81.9 cm³/mol. The van der Waals surface area contributed by atoms with Crippen molar-refractivity contribution in [2.24, 2.45) is 5.73 Å². The van der Waals surface area contributed by atoms with Gasteiger partial charge in [-0.2, -0.15) is 0 Å². The number of hydrogen-bond acceptors (Lipinski definition) is 3. The second kappa shape index (κ2) is 6.29. The Hall–Kier alpha value is -1.51. The first kappa shape index (κ1) is 14.9. The van der Waals surface area contributed by atoms with Gasteiger partial charge in [0.15, 0.2) is 0 Å². The molecule has 1 aliphatic rings. The minimum atomic E-state index is -3.29. The van der Waals surface area contributed by atoms with E-state index in [9.17, 15) is 8.42 Å². The van der Waals surface area contributed by atoms with E-state index in [1.807, 2.05) is 19.1 Å². The first-order chi connectivity index (χ1) is 9.51. The van der Waals surface area contributed by atoms with Crippen LogP contribution in [0.15, 0.2) is 18.2 Å². The largest absolute Gasteiger partial charge is 0.320 e. The highest BCUT2D eigenvalue weighted by Crippen LogP contribution is 2.26. The summed E-state index contributed by atoms with van der Waals surface area (Å²) in [5, 5.41) is -0.262. The van der Waals surface area contributed by atoms with Crippen LogP contribution in [-0.4, -0.2) is 20.2 Å². The summed E-state index contributed by atoms with van der Waals surface area (Å²) in [7, 11) is -3.29. The Balaban J connectivity index is 2.22. The maximum atomic E-state index is 12.3. The molecule has 4 nitrogen and oxygen atoms in total. The van der Waals surface area contributed by atoms with Crippen LogP contribution in [-0.2, 0) is 10.0 Å². The van der Waals surface area contributed by atoms with E-state index in [1.165, 1.54) is 0 Å².